The third-order valence-electron chi connectivity index (χ3n) is 3.90. The Morgan fingerprint density at radius 3 is 3.06 bits per heavy atom. The lowest BCUT2D eigenvalue weighted by Crippen LogP contribution is -2.24. The molecule has 0 unspecified atom stereocenters. The average molecular weight is 234 g/mol. The number of carbonyl (C=O) groups is 1. The van der Waals surface area contributed by atoms with Gasteiger partial charge in [-0.25, -0.2) is 0 Å². The van der Waals surface area contributed by atoms with Gasteiger partial charge in [-0.05, 0) is 31.0 Å². The van der Waals surface area contributed by atoms with Gasteiger partial charge in [0.1, 0.15) is 11.5 Å². The van der Waals surface area contributed by atoms with E-state index < -0.39 is 5.97 Å². The topological polar surface area (TPSA) is 55.8 Å². The van der Waals surface area contributed by atoms with Crippen LogP contribution in [0, 0.1) is 5.92 Å². The van der Waals surface area contributed by atoms with E-state index in [1.54, 1.807) is 7.11 Å². The van der Waals surface area contributed by atoms with Crippen LogP contribution in [-0.2, 0) is 10.2 Å². The number of aliphatic carboxylic acids is 1. The number of hydrogen-bond acceptors (Lipinski definition) is 3. The maximum absolute atomic E-state index is 11.1. The zero-order chi connectivity index (χ0) is 12.0. The summed E-state index contributed by atoms with van der Waals surface area (Å²) in [7, 11) is 1.61. The Hall–Kier alpha value is -1.71. The highest BCUT2D eigenvalue weighted by Crippen LogP contribution is 2.61. The van der Waals surface area contributed by atoms with Crippen LogP contribution >= 0.6 is 0 Å². The molecule has 1 saturated carbocycles. The van der Waals surface area contributed by atoms with Crippen molar-refractivity contribution in [1.82, 2.24) is 0 Å². The molecular weight excluding hydrogens is 220 g/mol. The molecule has 2 atom stereocenters. The standard InChI is InChI=1S/C13H14O4/c1-16-8-2-3-11-9(6-8)13(4-5-17-11)7-10(13)12(14)15/h2-3,6,10H,4-5,7H2,1H3,(H,14,15)/t10-,13-/m1/s1. The lowest BCUT2D eigenvalue weighted by Gasteiger charge is -2.26. The summed E-state index contributed by atoms with van der Waals surface area (Å²) in [6.45, 7) is 0.600. The lowest BCUT2D eigenvalue weighted by atomic mass is 9.87. The monoisotopic (exact) mass is 234 g/mol. The SMILES string of the molecule is COc1ccc2c(c1)[C@@]1(CCO2)C[C@@H]1C(=O)O. The summed E-state index contributed by atoms with van der Waals surface area (Å²) in [5.41, 5.74) is 0.782. The van der Waals surface area contributed by atoms with Crippen molar-refractivity contribution in [1.29, 1.82) is 0 Å². The molecule has 4 heteroatoms. The first kappa shape index (κ1) is 10.4. The Morgan fingerprint density at radius 2 is 2.41 bits per heavy atom. The Morgan fingerprint density at radius 1 is 1.59 bits per heavy atom. The Labute approximate surface area is 99.2 Å². The van der Waals surface area contributed by atoms with Crippen molar-refractivity contribution < 1.29 is 19.4 Å². The largest absolute Gasteiger partial charge is 0.497 e. The molecule has 1 aromatic carbocycles. The van der Waals surface area contributed by atoms with E-state index in [0.29, 0.717) is 13.0 Å². The minimum Gasteiger partial charge on any atom is -0.497 e. The zero-order valence-electron chi connectivity index (χ0n) is 9.60. The highest BCUT2D eigenvalue weighted by atomic mass is 16.5. The van der Waals surface area contributed by atoms with Crippen LogP contribution in [-0.4, -0.2) is 24.8 Å². The quantitative estimate of drug-likeness (QED) is 0.848. The van der Waals surface area contributed by atoms with Crippen molar-refractivity contribution in [2.24, 2.45) is 5.92 Å². The zero-order valence-corrected chi connectivity index (χ0v) is 9.60. The van der Waals surface area contributed by atoms with Gasteiger partial charge in [-0.1, -0.05) is 0 Å². The van der Waals surface area contributed by atoms with Gasteiger partial charge in [0, 0.05) is 11.0 Å². The molecule has 17 heavy (non-hydrogen) atoms. The summed E-state index contributed by atoms with van der Waals surface area (Å²) >= 11 is 0. The van der Waals surface area contributed by atoms with Crippen LogP contribution in [0.2, 0.25) is 0 Å². The molecule has 2 aliphatic rings. The van der Waals surface area contributed by atoms with Crippen molar-refractivity contribution >= 4 is 5.97 Å². The van der Waals surface area contributed by atoms with Crippen molar-refractivity contribution in [3.8, 4) is 11.5 Å². The third-order valence-corrected chi connectivity index (χ3v) is 3.90. The van der Waals surface area contributed by atoms with E-state index in [-0.39, 0.29) is 11.3 Å². The van der Waals surface area contributed by atoms with Gasteiger partial charge in [0.25, 0.3) is 0 Å². The molecular formula is C13H14O4. The lowest BCUT2D eigenvalue weighted by molar-refractivity contribution is -0.139. The maximum atomic E-state index is 11.1. The highest BCUT2D eigenvalue weighted by Gasteiger charge is 2.61. The molecule has 1 aromatic rings. The molecule has 0 radical (unpaired) electrons. The fraction of sp³-hybridized carbons (Fsp3) is 0.462. The number of carboxylic acid groups (broad SMARTS) is 1. The molecule has 4 nitrogen and oxygen atoms in total. The van der Waals surface area contributed by atoms with Crippen LogP contribution in [0.25, 0.3) is 0 Å². The maximum Gasteiger partial charge on any atom is 0.307 e. The number of rotatable bonds is 2. The van der Waals surface area contributed by atoms with Gasteiger partial charge in [-0.2, -0.15) is 0 Å². The predicted octanol–water partition coefficient (Wildman–Crippen LogP) is 1.82. The fourth-order valence-electron chi connectivity index (χ4n) is 2.83. The van der Waals surface area contributed by atoms with Gasteiger partial charge in [-0.15, -0.1) is 0 Å². The smallest absolute Gasteiger partial charge is 0.307 e. The van der Waals surface area contributed by atoms with E-state index >= 15 is 0 Å². The summed E-state index contributed by atoms with van der Waals surface area (Å²) in [5, 5.41) is 9.15. The molecule has 1 spiro atoms. The van der Waals surface area contributed by atoms with E-state index in [9.17, 15) is 4.79 Å². The summed E-state index contributed by atoms with van der Waals surface area (Å²) in [5.74, 6) is 0.586. The van der Waals surface area contributed by atoms with Crippen molar-refractivity contribution in [2.75, 3.05) is 13.7 Å². The van der Waals surface area contributed by atoms with Crippen LogP contribution in [0.3, 0.4) is 0 Å². The highest BCUT2D eigenvalue weighted by molar-refractivity contribution is 5.78. The van der Waals surface area contributed by atoms with Gasteiger partial charge >= 0.3 is 5.97 Å². The van der Waals surface area contributed by atoms with E-state index in [0.717, 1.165) is 23.5 Å². The minimum absolute atomic E-state index is 0.214. The molecule has 1 aliphatic carbocycles. The van der Waals surface area contributed by atoms with Crippen molar-refractivity contribution in [3.63, 3.8) is 0 Å². The summed E-state index contributed by atoms with van der Waals surface area (Å²) < 4.78 is 10.8. The molecule has 1 aliphatic heterocycles. The number of hydrogen-bond donors (Lipinski definition) is 1. The Bertz CT molecular complexity index is 482. The van der Waals surface area contributed by atoms with Gasteiger partial charge in [0.15, 0.2) is 0 Å². The third kappa shape index (κ3) is 1.40. The van der Waals surface area contributed by atoms with Gasteiger partial charge in [0.05, 0.1) is 19.6 Å². The van der Waals surface area contributed by atoms with E-state index in [4.69, 9.17) is 14.6 Å². The normalized spacial score (nSPS) is 29.4. The van der Waals surface area contributed by atoms with Gasteiger partial charge in [0.2, 0.25) is 0 Å². The molecule has 0 aromatic heterocycles. The second-order valence-corrected chi connectivity index (χ2v) is 4.71. The van der Waals surface area contributed by atoms with Crippen molar-refractivity contribution in [3.05, 3.63) is 23.8 Å². The predicted molar refractivity (Wildman–Crippen MR) is 60.5 cm³/mol. The summed E-state index contributed by atoms with van der Waals surface area (Å²) in [6, 6.07) is 5.62. The number of fused-ring (bicyclic) bond motifs is 2. The van der Waals surface area contributed by atoms with Crippen LogP contribution < -0.4 is 9.47 Å². The number of ether oxygens (including phenoxy) is 2. The second-order valence-electron chi connectivity index (χ2n) is 4.71. The Balaban J connectivity index is 2.05. The molecule has 0 amide bonds. The Kier molecular flexibility index (Phi) is 2.08. The average Bonchev–Trinajstić information content (AvgIpc) is 3.05. The van der Waals surface area contributed by atoms with Crippen LogP contribution in [0.1, 0.15) is 18.4 Å². The molecule has 3 rings (SSSR count). The second kappa shape index (κ2) is 3.39. The van der Waals surface area contributed by atoms with E-state index in [2.05, 4.69) is 0 Å². The van der Waals surface area contributed by atoms with Gasteiger partial charge in [-0.3, -0.25) is 4.79 Å². The molecule has 1 heterocycles. The molecule has 0 saturated heterocycles. The molecule has 90 valence electrons. The van der Waals surface area contributed by atoms with Crippen LogP contribution in [0.4, 0.5) is 0 Å². The fourth-order valence-corrected chi connectivity index (χ4v) is 2.83. The first-order valence-corrected chi connectivity index (χ1v) is 5.71. The van der Waals surface area contributed by atoms with Crippen LogP contribution in [0.5, 0.6) is 11.5 Å². The van der Waals surface area contributed by atoms with E-state index in [1.165, 1.54) is 0 Å². The van der Waals surface area contributed by atoms with Crippen molar-refractivity contribution in [2.45, 2.75) is 18.3 Å². The summed E-state index contributed by atoms with van der Waals surface area (Å²) in [4.78, 5) is 11.1. The minimum atomic E-state index is -0.708. The number of methoxy groups -OCH3 is 1. The van der Waals surface area contributed by atoms with E-state index in [1.807, 2.05) is 18.2 Å². The first-order valence-electron chi connectivity index (χ1n) is 5.71. The number of benzene rings is 1. The molecule has 1 fully saturated rings. The first-order chi connectivity index (χ1) is 8.17. The molecule has 1 N–H and O–H groups in total. The summed E-state index contributed by atoms with van der Waals surface area (Å²) in [6.07, 6.45) is 1.50. The molecule has 0 bridgehead atoms. The number of carboxylic acids is 1. The van der Waals surface area contributed by atoms with Gasteiger partial charge < -0.3 is 14.6 Å². The van der Waals surface area contributed by atoms with Crippen LogP contribution in [0.15, 0.2) is 18.2 Å².